The number of esters is 1. The van der Waals surface area contributed by atoms with Crippen molar-refractivity contribution in [2.45, 2.75) is 59.1 Å². The third-order valence-electron chi connectivity index (χ3n) is 2.72. The molecule has 0 spiro atoms. The van der Waals surface area contributed by atoms with Gasteiger partial charge in [0.2, 0.25) is 0 Å². The molecule has 0 aromatic rings. The fourth-order valence-electron chi connectivity index (χ4n) is 1.30. The van der Waals surface area contributed by atoms with Crippen LogP contribution in [0.4, 0.5) is 0 Å². The van der Waals surface area contributed by atoms with Gasteiger partial charge in [-0.25, -0.2) is 4.79 Å². The van der Waals surface area contributed by atoms with Gasteiger partial charge in [-0.2, -0.15) is 0 Å². The summed E-state index contributed by atoms with van der Waals surface area (Å²) in [4.78, 5) is 11.9. The summed E-state index contributed by atoms with van der Waals surface area (Å²) >= 11 is 0. The zero-order valence-electron chi connectivity index (χ0n) is 11.8. The van der Waals surface area contributed by atoms with Gasteiger partial charge in [0.25, 0.3) is 0 Å². The molecule has 17 heavy (non-hydrogen) atoms. The molecule has 0 aliphatic carbocycles. The summed E-state index contributed by atoms with van der Waals surface area (Å²) < 4.78 is 10.7. The van der Waals surface area contributed by atoms with E-state index in [-0.39, 0.29) is 12.1 Å². The molecule has 1 N–H and O–H groups in total. The largest absolute Gasteiger partial charge is 0.465 e. The summed E-state index contributed by atoms with van der Waals surface area (Å²) in [5.74, 6) is -0.239. The Labute approximate surface area is 105 Å². The number of hydrogen-bond donors (Lipinski definition) is 1. The second-order valence-electron chi connectivity index (χ2n) is 4.51. The maximum Gasteiger partial charge on any atom is 0.328 e. The minimum Gasteiger partial charge on any atom is -0.465 e. The number of nitrogens with one attached hydrogen (secondary N) is 1. The summed E-state index contributed by atoms with van der Waals surface area (Å²) in [6, 6.07) is 0. The summed E-state index contributed by atoms with van der Waals surface area (Å²) in [7, 11) is 0. The van der Waals surface area contributed by atoms with Crippen LogP contribution in [-0.2, 0) is 14.3 Å². The summed E-state index contributed by atoms with van der Waals surface area (Å²) in [6.07, 6.45) is 2.07. The Morgan fingerprint density at radius 3 is 2.47 bits per heavy atom. The molecule has 2 unspecified atom stereocenters. The number of rotatable bonds is 9. The van der Waals surface area contributed by atoms with E-state index >= 15 is 0 Å². The third kappa shape index (κ3) is 6.03. The van der Waals surface area contributed by atoms with Crippen LogP contribution >= 0.6 is 0 Å². The van der Waals surface area contributed by atoms with Crippen molar-refractivity contribution in [1.82, 2.24) is 5.32 Å². The number of carbonyl (C=O) groups excluding carboxylic acids is 1. The van der Waals surface area contributed by atoms with Crippen molar-refractivity contribution >= 4 is 5.97 Å². The molecule has 2 atom stereocenters. The average Bonchev–Trinajstić information content (AvgIpc) is 2.33. The molecule has 0 saturated heterocycles. The second-order valence-corrected chi connectivity index (χ2v) is 4.51. The van der Waals surface area contributed by atoms with Crippen LogP contribution in [0.1, 0.15) is 47.5 Å². The van der Waals surface area contributed by atoms with Gasteiger partial charge in [0, 0.05) is 0 Å². The van der Waals surface area contributed by atoms with Crippen molar-refractivity contribution in [1.29, 1.82) is 0 Å². The van der Waals surface area contributed by atoms with Gasteiger partial charge in [0.15, 0.2) is 0 Å². The van der Waals surface area contributed by atoms with E-state index in [0.29, 0.717) is 13.2 Å². The Hall–Kier alpha value is -0.610. The summed E-state index contributed by atoms with van der Waals surface area (Å²) in [5, 5.41) is 3.21. The Bertz CT molecular complexity index is 221. The minimum absolute atomic E-state index is 0.159. The fraction of sp³-hybridized carbons (Fsp3) is 0.923. The van der Waals surface area contributed by atoms with Gasteiger partial charge in [-0.1, -0.05) is 13.8 Å². The summed E-state index contributed by atoms with van der Waals surface area (Å²) in [6.45, 7) is 11.3. The van der Waals surface area contributed by atoms with E-state index in [0.717, 1.165) is 19.4 Å². The van der Waals surface area contributed by atoms with Crippen LogP contribution in [0.15, 0.2) is 0 Å². The van der Waals surface area contributed by atoms with Crippen LogP contribution in [0.2, 0.25) is 0 Å². The molecule has 4 nitrogen and oxygen atoms in total. The average molecular weight is 245 g/mol. The molecule has 0 bridgehead atoms. The lowest BCUT2D eigenvalue weighted by Crippen LogP contribution is -2.54. The first-order valence-corrected chi connectivity index (χ1v) is 6.54. The van der Waals surface area contributed by atoms with Crippen LogP contribution in [0.25, 0.3) is 0 Å². The monoisotopic (exact) mass is 245 g/mol. The lowest BCUT2D eigenvalue weighted by atomic mass is 10.0. The molecule has 0 radical (unpaired) electrons. The lowest BCUT2D eigenvalue weighted by Gasteiger charge is -2.29. The fourth-order valence-corrected chi connectivity index (χ4v) is 1.30. The van der Waals surface area contributed by atoms with Crippen molar-refractivity contribution < 1.29 is 14.3 Å². The molecule has 102 valence electrons. The predicted molar refractivity (Wildman–Crippen MR) is 69.0 cm³/mol. The lowest BCUT2D eigenvalue weighted by molar-refractivity contribution is -0.154. The molecule has 0 aliphatic heterocycles. The highest BCUT2D eigenvalue weighted by Crippen LogP contribution is 2.10. The molecule has 0 aromatic carbocycles. The van der Waals surface area contributed by atoms with Crippen molar-refractivity contribution in [3.8, 4) is 0 Å². The highest BCUT2D eigenvalue weighted by atomic mass is 16.5. The SMILES string of the molecule is CCCNC(C)(COC(C)CC)C(=O)OCC. The molecular weight excluding hydrogens is 218 g/mol. The zero-order valence-corrected chi connectivity index (χ0v) is 11.8. The van der Waals surface area contributed by atoms with Crippen LogP contribution < -0.4 is 5.32 Å². The quantitative estimate of drug-likeness (QED) is 0.632. The molecule has 0 amide bonds. The topological polar surface area (TPSA) is 47.6 Å². The summed E-state index contributed by atoms with van der Waals surface area (Å²) in [5.41, 5.74) is -0.741. The van der Waals surface area contributed by atoms with E-state index in [1.165, 1.54) is 0 Å². The standard InChI is InChI=1S/C13H27NO3/c1-6-9-14-13(5,12(15)16-8-3)10-17-11(4)7-2/h11,14H,6-10H2,1-5H3. The first kappa shape index (κ1) is 16.4. The molecular formula is C13H27NO3. The Morgan fingerprint density at radius 1 is 1.35 bits per heavy atom. The Morgan fingerprint density at radius 2 is 2.00 bits per heavy atom. The van der Waals surface area contributed by atoms with E-state index in [4.69, 9.17) is 9.47 Å². The van der Waals surface area contributed by atoms with Crippen molar-refractivity contribution in [2.75, 3.05) is 19.8 Å². The van der Waals surface area contributed by atoms with E-state index in [2.05, 4.69) is 19.2 Å². The number of carbonyl (C=O) groups is 1. The maximum absolute atomic E-state index is 11.9. The van der Waals surface area contributed by atoms with E-state index in [1.54, 1.807) is 0 Å². The Balaban J connectivity index is 4.42. The predicted octanol–water partition coefficient (Wildman–Crippen LogP) is 2.12. The van der Waals surface area contributed by atoms with Gasteiger partial charge < -0.3 is 14.8 Å². The molecule has 4 heteroatoms. The minimum atomic E-state index is -0.741. The maximum atomic E-state index is 11.9. The van der Waals surface area contributed by atoms with Gasteiger partial charge in [0.1, 0.15) is 5.54 Å². The van der Waals surface area contributed by atoms with Crippen LogP contribution in [-0.4, -0.2) is 37.4 Å². The molecule has 0 aliphatic rings. The molecule has 0 rings (SSSR count). The third-order valence-corrected chi connectivity index (χ3v) is 2.72. The van der Waals surface area contributed by atoms with Gasteiger partial charge in [0.05, 0.1) is 19.3 Å². The van der Waals surface area contributed by atoms with Gasteiger partial charge in [-0.05, 0) is 40.2 Å². The van der Waals surface area contributed by atoms with Crippen molar-refractivity contribution in [2.24, 2.45) is 0 Å². The second kappa shape index (κ2) is 8.48. The van der Waals surface area contributed by atoms with Crippen LogP contribution in [0.5, 0.6) is 0 Å². The first-order valence-electron chi connectivity index (χ1n) is 6.54. The molecule has 0 saturated carbocycles. The van der Waals surface area contributed by atoms with Gasteiger partial charge in [-0.3, -0.25) is 0 Å². The smallest absolute Gasteiger partial charge is 0.328 e. The number of hydrogen-bond acceptors (Lipinski definition) is 4. The highest BCUT2D eigenvalue weighted by molar-refractivity contribution is 5.80. The highest BCUT2D eigenvalue weighted by Gasteiger charge is 2.34. The van der Waals surface area contributed by atoms with E-state index in [9.17, 15) is 4.79 Å². The van der Waals surface area contributed by atoms with Crippen LogP contribution in [0, 0.1) is 0 Å². The van der Waals surface area contributed by atoms with Crippen LogP contribution in [0.3, 0.4) is 0 Å². The van der Waals surface area contributed by atoms with E-state index < -0.39 is 5.54 Å². The number of ether oxygens (including phenoxy) is 2. The van der Waals surface area contributed by atoms with Crippen molar-refractivity contribution in [3.05, 3.63) is 0 Å². The van der Waals surface area contributed by atoms with Gasteiger partial charge in [-0.15, -0.1) is 0 Å². The normalized spacial score (nSPS) is 16.3. The zero-order chi connectivity index (χ0) is 13.3. The molecule has 0 fully saturated rings. The van der Waals surface area contributed by atoms with Crippen molar-refractivity contribution in [3.63, 3.8) is 0 Å². The molecule has 0 heterocycles. The Kier molecular flexibility index (Phi) is 8.17. The van der Waals surface area contributed by atoms with Gasteiger partial charge >= 0.3 is 5.97 Å². The first-order chi connectivity index (χ1) is 8.00. The van der Waals surface area contributed by atoms with E-state index in [1.807, 2.05) is 20.8 Å². The molecule has 0 aromatic heterocycles.